The molecule has 3 rings (SSSR count). The molecule has 0 saturated carbocycles. The highest BCUT2D eigenvalue weighted by molar-refractivity contribution is 9.10. The molecule has 1 aliphatic heterocycles. The second-order valence-corrected chi connectivity index (χ2v) is 8.98. The minimum Gasteiger partial charge on any atom is -0.490 e. The second-order valence-electron chi connectivity index (χ2n) is 6.27. The highest BCUT2D eigenvalue weighted by Gasteiger charge is 2.29. The largest absolute Gasteiger partial charge is 0.490 e. The van der Waals surface area contributed by atoms with Gasteiger partial charge in [-0.05, 0) is 70.5 Å². The summed E-state index contributed by atoms with van der Waals surface area (Å²) < 4.78 is 12.5. The van der Waals surface area contributed by atoms with Crippen LogP contribution in [0.5, 0.6) is 11.5 Å². The Kier molecular flexibility index (Phi) is 7.74. The van der Waals surface area contributed by atoms with Gasteiger partial charge in [-0.1, -0.05) is 29.3 Å². The summed E-state index contributed by atoms with van der Waals surface area (Å²) in [6.07, 6.45) is 1.81. The van der Waals surface area contributed by atoms with Crippen molar-refractivity contribution < 1.29 is 14.3 Å². The Labute approximate surface area is 198 Å². The van der Waals surface area contributed by atoms with Crippen LogP contribution in [0, 0.1) is 0 Å². The summed E-state index contributed by atoms with van der Waals surface area (Å²) in [5, 5.41) is 1.76. The first-order chi connectivity index (χ1) is 14.3. The molecule has 0 radical (unpaired) electrons. The Bertz CT molecular complexity index is 1040. The Morgan fingerprint density at radius 2 is 2.00 bits per heavy atom. The maximum Gasteiger partial charge on any atom is 0.266 e. The van der Waals surface area contributed by atoms with Gasteiger partial charge in [0, 0.05) is 29.7 Å². The molecule has 0 aliphatic carbocycles. The lowest BCUT2D eigenvalue weighted by molar-refractivity contribution is -0.121. The Balaban J connectivity index is 1.89. The molecule has 0 unspecified atom stereocenters. The quantitative estimate of drug-likeness (QED) is 0.414. The number of benzene rings is 2. The minimum absolute atomic E-state index is 0.0904. The normalized spacial score (nSPS) is 16.6. The molecule has 0 bridgehead atoms. The van der Waals surface area contributed by atoms with E-state index in [0.717, 1.165) is 11.1 Å². The summed E-state index contributed by atoms with van der Waals surface area (Å²) in [4.78, 5) is 18.7. The number of carbonyl (C=O) groups excluding carboxylic acids is 1. The summed E-state index contributed by atoms with van der Waals surface area (Å²) in [6.45, 7) is 2.62. The van der Waals surface area contributed by atoms with Crippen molar-refractivity contribution in [1.29, 1.82) is 0 Å². The summed E-state index contributed by atoms with van der Waals surface area (Å²) in [7, 11) is 3.37. The summed E-state index contributed by atoms with van der Waals surface area (Å²) in [5.74, 6) is 1.03. The molecule has 1 saturated heterocycles. The van der Waals surface area contributed by atoms with Gasteiger partial charge in [0.05, 0.1) is 16.0 Å². The highest BCUT2D eigenvalue weighted by Crippen LogP contribution is 2.40. The van der Waals surface area contributed by atoms with E-state index in [4.69, 9.17) is 32.7 Å². The molecule has 158 valence electrons. The Hall–Kier alpha value is -1.67. The van der Waals surface area contributed by atoms with Crippen molar-refractivity contribution in [3.63, 3.8) is 0 Å². The van der Waals surface area contributed by atoms with Gasteiger partial charge in [0.2, 0.25) is 0 Å². The van der Waals surface area contributed by atoms with Gasteiger partial charge in [0.25, 0.3) is 5.91 Å². The van der Waals surface area contributed by atoms with Gasteiger partial charge in [-0.2, -0.15) is 0 Å². The molecule has 1 aliphatic rings. The van der Waals surface area contributed by atoms with Crippen LogP contribution in [0.1, 0.15) is 18.1 Å². The number of hydrogen-bond donors (Lipinski definition) is 0. The number of halogens is 3. The number of thioether (sulfide) groups is 1. The Morgan fingerprint density at radius 3 is 2.63 bits per heavy atom. The third-order valence-corrected chi connectivity index (χ3v) is 6.54. The minimum atomic E-state index is -0.0904. The lowest BCUT2D eigenvalue weighted by atomic mass is 10.1. The van der Waals surface area contributed by atoms with Crippen molar-refractivity contribution in [3.05, 3.63) is 60.9 Å². The third-order valence-electron chi connectivity index (χ3n) is 4.21. The molecule has 2 aromatic carbocycles. The lowest BCUT2D eigenvalue weighted by Gasteiger charge is -2.15. The summed E-state index contributed by atoms with van der Waals surface area (Å²) >= 11 is 17.1. The topological polar surface area (TPSA) is 51.1 Å². The van der Waals surface area contributed by atoms with Crippen LogP contribution in [-0.2, 0) is 11.4 Å². The maximum atomic E-state index is 12.4. The predicted molar refractivity (Wildman–Crippen MR) is 128 cm³/mol. The van der Waals surface area contributed by atoms with Crippen molar-refractivity contribution in [2.75, 3.05) is 20.7 Å². The van der Waals surface area contributed by atoms with Crippen molar-refractivity contribution in [1.82, 2.24) is 4.90 Å². The summed E-state index contributed by atoms with van der Waals surface area (Å²) in [6, 6.07) is 8.99. The molecule has 9 heteroatoms. The van der Waals surface area contributed by atoms with E-state index in [2.05, 4.69) is 20.9 Å². The van der Waals surface area contributed by atoms with Crippen LogP contribution in [-0.4, -0.2) is 36.7 Å². The van der Waals surface area contributed by atoms with Crippen LogP contribution in [0.3, 0.4) is 0 Å². The number of hydrogen-bond acceptors (Lipinski definition) is 5. The fourth-order valence-corrected chi connectivity index (χ4v) is 4.73. The fourth-order valence-electron chi connectivity index (χ4n) is 2.76. The second kappa shape index (κ2) is 10.1. The van der Waals surface area contributed by atoms with Gasteiger partial charge in [0.1, 0.15) is 6.61 Å². The van der Waals surface area contributed by atoms with E-state index < -0.39 is 0 Å². The number of amidine groups is 1. The molecule has 0 aromatic heterocycles. The van der Waals surface area contributed by atoms with Gasteiger partial charge in [0.15, 0.2) is 16.7 Å². The first-order valence-corrected chi connectivity index (χ1v) is 11.4. The van der Waals surface area contributed by atoms with Crippen LogP contribution in [0.2, 0.25) is 10.0 Å². The maximum absolute atomic E-state index is 12.4. The van der Waals surface area contributed by atoms with Gasteiger partial charge in [-0.25, -0.2) is 0 Å². The van der Waals surface area contributed by atoms with E-state index in [0.29, 0.717) is 42.7 Å². The molecule has 0 N–H and O–H groups in total. The zero-order valence-electron chi connectivity index (χ0n) is 16.5. The number of likely N-dealkylation sites (N-methyl/N-ethyl adjacent to an activating group) is 1. The lowest BCUT2D eigenvalue weighted by Crippen LogP contribution is -2.23. The molecule has 1 amide bonds. The summed E-state index contributed by atoms with van der Waals surface area (Å²) in [5.41, 5.74) is 1.62. The van der Waals surface area contributed by atoms with Crippen molar-refractivity contribution >= 4 is 68.0 Å². The standard InChI is InChI=1S/C21H19BrCl2N2O3S/c1-4-28-17-8-12(9-18-20(27)26(3)21(25-2)30-18)7-15(22)19(17)29-11-13-5-6-14(23)10-16(13)24/h5-10H,4,11H2,1-3H3/b18-9-,25-21?. The average molecular weight is 530 g/mol. The van der Waals surface area contributed by atoms with E-state index in [-0.39, 0.29) is 12.5 Å². The van der Waals surface area contributed by atoms with E-state index in [1.165, 1.54) is 16.7 Å². The van der Waals surface area contributed by atoms with Crippen LogP contribution in [0.25, 0.3) is 6.08 Å². The van der Waals surface area contributed by atoms with Crippen LogP contribution in [0.15, 0.2) is 44.7 Å². The first kappa shape index (κ1) is 23.0. The van der Waals surface area contributed by atoms with E-state index in [9.17, 15) is 4.79 Å². The van der Waals surface area contributed by atoms with Crippen molar-refractivity contribution in [2.45, 2.75) is 13.5 Å². The zero-order chi connectivity index (χ0) is 21.8. The molecular formula is C21H19BrCl2N2O3S. The van der Waals surface area contributed by atoms with Crippen molar-refractivity contribution in [2.24, 2.45) is 4.99 Å². The van der Waals surface area contributed by atoms with Gasteiger partial charge in [-0.15, -0.1) is 0 Å². The van der Waals surface area contributed by atoms with E-state index in [1.54, 1.807) is 26.2 Å². The number of amides is 1. The van der Waals surface area contributed by atoms with Crippen LogP contribution >= 0.6 is 50.9 Å². The van der Waals surface area contributed by atoms with Crippen LogP contribution in [0.4, 0.5) is 0 Å². The first-order valence-electron chi connectivity index (χ1n) is 9.01. The third kappa shape index (κ3) is 5.14. The molecule has 2 aromatic rings. The number of aliphatic imine (C=N–C) groups is 1. The number of carbonyl (C=O) groups is 1. The number of ether oxygens (including phenoxy) is 2. The molecule has 0 spiro atoms. The monoisotopic (exact) mass is 528 g/mol. The van der Waals surface area contributed by atoms with E-state index in [1.807, 2.05) is 31.2 Å². The van der Waals surface area contributed by atoms with E-state index >= 15 is 0 Å². The molecule has 1 fully saturated rings. The SMILES string of the molecule is CCOc1cc(/C=C2\SC(=NC)N(C)C2=O)cc(Br)c1OCc1ccc(Cl)cc1Cl. The van der Waals surface area contributed by atoms with Gasteiger partial charge in [-0.3, -0.25) is 14.7 Å². The average Bonchev–Trinajstić information content (AvgIpc) is 2.96. The molecule has 5 nitrogen and oxygen atoms in total. The smallest absolute Gasteiger partial charge is 0.266 e. The van der Waals surface area contributed by atoms with Crippen LogP contribution < -0.4 is 9.47 Å². The van der Waals surface area contributed by atoms with Crippen molar-refractivity contribution in [3.8, 4) is 11.5 Å². The Morgan fingerprint density at radius 1 is 1.23 bits per heavy atom. The fraction of sp³-hybridized carbons (Fsp3) is 0.238. The molecule has 0 atom stereocenters. The zero-order valence-corrected chi connectivity index (χ0v) is 20.5. The highest BCUT2D eigenvalue weighted by atomic mass is 79.9. The molecular weight excluding hydrogens is 511 g/mol. The number of rotatable bonds is 6. The van der Waals surface area contributed by atoms with Gasteiger partial charge < -0.3 is 9.47 Å². The predicted octanol–water partition coefficient (Wildman–Crippen LogP) is 6.27. The molecule has 1 heterocycles. The molecule has 30 heavy (non-hydrogen) atoms. The van der Waals surface area contributed by atoms with Gasteiger partial charge >= 0.3 is 0 Å². The number of nitrogens with zero attached hydrogens (tertiary/aromatic N) is 2.